The number of nitrogens with one attached hydrogen (secondary N) is 2. The highest BCUT2D eigenvalue weighted by molar-refractivity contribution is 7.92. The first-order valence-electron chi connectivity index (χ1n) is 9.92. The topological polar surface area (TPSA) is 121 Å². The summed E-state index contributed by atoms with van der Waals surface area (Å²) in [6.07, 6.45) is 7.37. The second-order valence-electron chi connectivity index (χ2n) is 7.58. The molecule has 1 aromatic heterocycles. The van der Waals surface area contributed by atoms with E-state index in [1.54, 1.807) is 6.07 Å². The van der Waals surface area contributed by atoms with Crippen molar-refractivity contribution >= 4 is 33.5 Å². The van der Waals surface area contributed by atoms with E-state index in [2.05, 4.69) is 20.0 Å². The quantitative estimate of drug-likeness (QED) is 0.724. The fourth-order valence-electron chi connectivity index (χ4n) is 3.97. The largest absolute Gasteiger partial charge is 0.339 e. The Hall–Kier alpha value is -3.01. The highest BCUT2D eigenvalue weighted by Crippen LogP contribution is 2.30. The van der Waals surface area contributed by atoms with Crippen LogP contribution in [0.2, 0.25) is 0 Å². The molecule has 1 atom stereocenters. The van der Waals surface area contributed by atoms with Gasteiger partial charge in [-0.1, -0.05) is 12.8 Å². The Kier molecular flexibility index (Phi) is 5.67. The summed E-state index contributed by atoms with van der Waals surface area (Å²) in [4.78, 5) is 34.5. The summed E-state index contributed by atoms with van der Waals surface area (Å²) in [5, 5.41) is 2.79. The van der Waals surface area contributed by atoms with Crippen molar-refractivity contribution in [3.63, 3.8) is 0 Å². The fraction of sp³-hybridized carbons (Fsp3) is 0.400. The first kappa shape index (κ1) is 20.3. The van der Waals surface area contributed by atoms with Gasteiger partial charge in [-0.3, -0.25) is 9.59 Å². The third-order valence-corrected chi connectivity index (χ3v) is 6.86. The van der Waals surface area contributed by atoms with Crippen molar-refractivity contribution in [2.45, 2.75) is 43.0 Å². The van der Waals surface area contributed by atoms with E-state index in [0.717, 1.165) is 25.7 Å². The van der Waals surface area contributed by atoms with E-state index in [1.165, 1.54) is 36.7 Å². The van der Waals surface area contributed by atoms with Crippen LogP contribution in [-0.2, 0) is 19.6 Å². The van der Waals surface area contributed by atoms with Crippen molar-refractivity contribution in [3.8, 4) is 0 Å². The molecule has 1 saturated carbocycles. The number of benzene rings is 1. The smallest absolute Gasteiger partial charge is 0.264 e. The van der Waals surface area contributed by atoms with Gasteiger partial charge in [0, 0.05) is 37.1 Å². The minimum absolute atomic E-state index is 0.0207. The fourth-order valence-corrected chi connectivity index (χ4v) is 4.93. The molecule has 4 rings (SSSR count). The van der Waals surface area contributed by atoms with Gasteiger partial charge in [0.05, 0.1) is 10.8 Å². The van der Waals surface area contributed by atoms with Crippen LogP contribution in [0.4, 0.5) is 11.6 Å². The number of carbonyl (C=O) groups excluding carboxylic acids is 2. The van der Waals surface area contributed by atoms with Crippen LogP contribution < -0.4 is 10.0 Å². The van der Waals surface area contributed by atoms with Crippen molar-refractivity contribution in [2.75, 3.05) is 16.6 Å². The van der Waals surface area contributed by atoms with Gasteiger partial charge in [0.2, 0.25) is 17.8 Å². The minimum atomic E-state index is -3.84. The number of likely N-dealkylation sites (tertiary alicyclic amines) is 1. The SMILES string of the molecule is O=C(Nc1ccc(S(=O)(=O)Nc2ncccn2)cc1)[C@H]1CC(=O)N(C2CCCC2)C1. The van der Waals surface area contributed by atoms with Crippen LogP contribution in [0, 0.1) is 5.92 Å². The predicted molar refractivity (Wildman–Crippen MR) is 110 cm³/mol. The van der Waals surface area contributed by atoms with Crippen LogP contribution in [-0.4, -0.2) is 47.7 Å². The Labute approximate surface area is 175 Å². The second-order valence-corrected chi connectivity index (χ2v) is 9.26. The van der Waals surface area contributed by atoms with Crippen molar-refractivity contribution < 1.29 is 18.0 Å². The molecule has 0 bridgehead atoms. The second kappa shape index (κ2) is 8.39. The zero-order valence-electron chi connectivity index (χ0n) is 16.3. The summed E-state index contributed by atoms with van der Waals surface area (Å²) in [7, 11) is -3.84. The lowest BCUT2D eigenvalue weighted by molar-refractivity contribution is -0.129. The predicted octanol–water partition coefficient (Wildman–Crippen LogP) is 2.01. The maximum Gasteiger partial charge on any atom is 0.264 e. The molecule has 0 unspecified atom stereocenters. The Bertz CT molecular complexity index is 1020. The summed E-state index contributed by atoms with van der Waals surface area (Å²) < 4.78 is 27.1. The van der Waals surface area contributed by atoms with Gasteiger partial charge >= 0.3 is 0 Å². The number of amides is 2. The number of nitrogens with zero attached hydrogens (tertiary/aromatic N) is 3. The number of carbonyl (C=O) groups is 2. The zero-order valence-corrected chi connectivity index (χ0v) is 17.1. The lowest BCUT2D eigenvalue weighted by atomic mass is 10.1. The molecule has 2 aromatic rings. The van der Waals surface area contributed by atoms with Gasteiger partial charge in [-0.05, 0) is 43.2 Å². The third-order valence-electron chi connectivity index (χ3n) is 5.52. The highest BCUT2D eigenvalue weighted by atomic mass is 32.2. The van der Waals surface area contributed by atoms with Gasteiger partial charge < -0.3 is 10.2 Å². The normalized spacial score (nSPS) is 19.8. The molecule has 1 saturated heterocycles. The van der Waals surface area contributed by atoms with Gasteiger partial charge in [-0.15, -0.1) is 0 Å². The summed E-state index contributed by atoms with van der Waals surface area (Å²) in [6.45, 7) is 0.447. The summed E-state index contributed by atoms with van der Waals surface area (Å²) in [6, 6.07) is 7.67. The van der Waals surface area contributed by atoms with E-state index in [-0.39, 0.29) is 35.1 Å². The van der Waals surface area contributed by atoms with E-state index in [0.29, 0.717) is 12.2 Å². The molecular weight excluding hydrogens is 406 g/mol. The first-order chi connectivity index (χ1) is 14.4. The van der Waals surface area contributed by atoms with Crippen LogP contribution in [0.25, 0.3) is 0 Å². The Balaban J connectivity index is 1.37. The standard InChI is InChI=1S/C20H23N5O4S/c26-18-12-14(13-25(18)16-4-1-2-5-16)19(27)23-15-6-8-17(9-7-15)30(28,29)24-20-21-10-3-11-22-20/h3,6-11,14,16H,1-2,4-5,12-13H2,(H,23,27)(H,21,22,24)/t14-/m0/s1. The van der Waals surface area contributed by atoms with Gasteiger partial charge in [0.1, 0.15) is 0 Å². The number of anilines is 2. The molecule has 2 aliphatic rings. The molecule has 10 heteroatoms. The molecule has 9 nitrogen and oxygen atoms in total. The summed E-state index contributed by atoms with van der Waals surface area (Å²) >= 11 is 0. The highest BCUT2D eigenvalue weighted by Gasteiger charge is 2.38. The van der Waals surface area contributed by atoms with Crippen LogP contribution in [0.3, 0.4) is 0 Å². The average molecular weight is 430 g/mol. The zero-order chi connectivity index (χ0) is 21.1. The van der Waals surface area contributed by atoms with Gasteiger partial charge in [0.25, 0.3) is 10.0 Å². The minimum Gasteiger partial charge on any atom is -0.339 e. The van der Waals surface area contributed by atoms with Crippen LogP contribution in [0.5, 0.6) is 0 Å². The van der Waals surface area contributed by atoms with Crippen LogP contribution in [0.15, 0.2) is 47.6 Å². The van der Waals surface area contributed by atoms with E-state index >= 15 is 0 Å². The third kappa shape index (κ3) is 4.43. The monoisotopic (exact) mass is 429 g/mol. The molecule has 0 radical (unpaired) electrons. The van der Waals surface area contributed by atoms with Gasteiger partial charge in [-0.25, -0.2) is 23.1 Å². The van der Waals surface area contributed by atoms with E-state index in [1.807, 2.05) is 4.90 Å². The maximum atomic E-state index is 12.6. The van der Waals surface area contributed by atoms with Crippen molar-refractivity contribution in [3.05, 3.63) is 42.7 Å². The van der Waals surface area contributed by atoms with Crippen molar-refractivity contribution in [1.82, 2.24) is 14.9 Å². The van der Waals surface area contributed by atoms with Crippen LogP contribution in [0.1, 0.15) is 32.1 Å². The van der Waals surface area contributed by atoms with Gasteiger partial charge in [-0.2, -0.15) is 0 Å². The Morgan fingerprint density at radius 3 is 2.40 bits per heavy atom. The first-order valence-corrected chi connectivity index (χ1v) is 11.4. The van der Waals surface area contributed by atoms with Crippen molar-refractivity contribution in [2.24, 2.45) is 5.92 Å². The Morgan fingerprint density at radius 1 is 1.07 bits per heavy atom. The molecule has 2 fully saturated rings. The van der Waals surface area contributed by atoms with E-state index < -0.39 is 15.9 Å². The average Bonchev–Trinajstić information content (AvgIpc) is 3.38. The van der Waals surface area contributed by atoms with E-state index in [4.69, 9.17) is 0 Å². The van der Waals surface area contributed by atoms with E-state index in [9.17, 15) is 18.0 Å². The molecule has 0 spiro atoms. The molecule has 1 aliphatic carbocycles. The molecule has 158 valence electrons. The number of hydrogen-bond donors (Lipinski definition) is 2. The number of hydrogen-bond acceptors (Lipinski definition) is 6. The van der Waals surface area contributed by atoms with Crippen LogP contribution >= 0.6 is 0 Å². The molecule has 1 aliphatic heterocycles. The molecular formula is C20H23N5O4S. The lowest BCUT2D eigenvalue weighted by Crippen LogP contribution is -2.35. The number of aromatic nitrogens is 2. The summed E-state index contributed by atoms with van der Waals surface area (Å²) in [5.41, 5.74) is 0.474. The number of rotatable bonds is 6. The molecule has 2 heterocycles. The molecule has 30 heavy (non-hydrogen) atoms. The number of sulfonamides is 1. The van der Waals surface area contributed by atoms with Crippen molar-refractivity contribution in [1.29, 1.82) is 0 Å². The summed E-state index contributed by atoms with van der Waals surface area (Å²) in [5.74, 6) is -0.598. The molecule has 2 amide bonds. The van der Waals surface area contributed by atoms with Gasteiger partial charge in [0.15, 0.2) is 0 Å². The lowest BCUT2D eigenvalue weighted by Gasteiger charge is -2.23. The molecule has 2 N–H and O–H groups in total. The Morgan fingerprint density at radius 2 is 1.73 bits per heavy atom. The maximum absolute atomic E-state index is 12.6. The molecule has 1 aromatic carbocycles.